The van der Waals surface area contributed by atoms with Crippen molar-refractivity contribution >= 4 is 23.6 Å². The van der Waals surface area contributed by atoms with E-state index in [1.165, 1.54) is 0 Å². The lowest BCUT2D eigenvalue weighted by molar-refractivity contribution is -0.402. The molecule has 1 N–H and O–H groups in total. The number of hydrogen-bond donors (Lipinski definition) is 1. The van der Waals surface area contributed by atoms with Crippen molar-refractivity contribution in [3.8, 4) is 5.69 Å². The summed E-state index contributed by atoms with van der Waals surface area (Å²) in [6.45, 7) is 5.40. The SMILES string of the molecule is CC(C)(C)c1cc(NC(=O)COC(=O)c2ccc([N+](=O)[O-])o2)n(-c2ccccc2)n1. The molecule has 2 heterocycles. The van der Waals surface area contributed by atoms with Crippen molar-refractivity contribution in [2.45, 2.75) is 26.2 Å². The van der Waals surface area contributed by atoms with Crippen LogP contribution in [0, 0.1) is 10.1 Å². The largest absolute Gasteiger partial charge is 0.450 e. The normalized spacial score (nSPS) is 11.2. The Morgan fingerprint density at radius 2 is 1.90 bits per heavy atom. The van der Waals surface area contributed by atoms with E-state index in [0.717, 1.165) is 23.5 Å². The Morgan fingerprint density at radius 3 is 2.50 bits per heavy atom. The van der Waals surface area contributed by atoms with Gasteiger partial charge in [-0.2, -0.15) is 5.10 Å². The molecule has 0 aliphatic heterocycles. The molecular formula is C20H20N4O6. The fourth-order valence-corrected chi connectivity index (χ4v) is 2.52. The van der Waals surface area contributed by atoms with Crippen LogP contribution in [0.15, 0.2) is 52.9 Å². The van der Waals surface area contributed by atoms with Crippen molar-refractivity contribution in [2.75, 3.05) is 11.9 Å². The zero-order valence-electron chi connectivity index (χ0n) is 16.6. The molecule has 1 amide bonds. The van der Waals surface area contributed by atoms with Crippen LogP contribution in [-0.2, 0) is 14.9 Å². The van der Waals surface area contributed by atoms with Gasteiger partial charge in [-0.05, 0) is 18.2 Å². The van der Waals surface area contributed by atoms with Crippen LogP contribution in [0.1, 0.15) is 37.0 Å². The first-order valence-electron chi connectivity index (χ1n) is 9.02. The fraction of sp³-hybridized carbons (Fsp3) is 0.250. The van der Waals surface area contributed by atoms with E-state index in [1.54, 1.807) is 10.7 Å². The summed E-state index contributed by atoms with van der Waals surface area (Å²) in [6.07, 6.45) is 0. The standard InChI is InChI=1S/C20H20N4O6/c1-20(2,3)15-11-16(23(22-15)13-7-5-4-6-8-13)21-17(25)12-29-19(26)14-9-10-18(30-14)24(27)28/h4-11H,12H2,1-3H3,(H,21,25). The van der Waals surface area contributed by atoms with Gasteiger partial charge in [0.2, 0.25) is 5.76 Å². The highest BCUT2D eigenvalue weighted by Crippen LogP contribution is 2.26. The van der Waals surface area contributed by atoms with Crippen molar-refractivity contribution < 1.29 is 23.7 Å². The Hall–Kier alpha value is -3.95. The smallest absolute Gasteiger partial charge is 0.433 e. The van der Waals surface area contributed by atoms with Gasteiger partial charge >= 0.3 is 11.9 Å². The molecule has 0 spiro atoms. The van der Waals surface area contributed by atoms with Crippen LogP contribution >= 0.6 is 0 Å². The van der Waals surface area contributed by atoms with E-state index in [-0.39, 0.29) is 11.2 Å². The number of furan rings is 1. The van der Waals surface area contributed by atoms with E-state index >= 15 is 0 Å². The third-order valence-electron chi connectivity index (χ3n) is 4.05. The van der Waals surface area contributed by atoms with E-state index in [9.17, 15) is 19.7 Å². The van der Waals surface area contributed by atoms with Crippen molar-refractivity contribution in [1.29, 1.82) is 0 Å². The molecule has 3 aromatic rings. The Morgan fingerprint density at radius 1 is 1.20 bits per heavy atom. The number of ether oxygens (including phenoxy) is 1. The number of para-hydroxylation sites is 1. The molecule has 10 nitrogen and oxygen atoms in total. The molecule has 0 radical (unpaired) electrons. The molecule has 10 heteroatoms. The molecule has 156 valence electrons. The van der Waals surface area contributed by atoms with Gasteiger partial charge in [-0.15, -0.1) is 0 Å². The third kappa shape index (κ3) is 4.72. The van der Waals surface area contributed by atoms with Gasteiger partial charge in [-0.25, -0.2) is 9.48 Å². The van der Waals surface area contributed by atoms with E-state index in [0.29, 0.717) is 5.82 Å². The van der Waals surface area contributed by atoms with E-state index < -0.39 is 29.3 Å². The first-order valence-corrected chi connectivity index (χ1v) is 9.02. The number of carbonyl (C=O) groups excluding carboxylic acids is 2. The highest BCUT2D eigenvalue weighted by Gasteiger charge is 2.23. The van der Waals surface area contributed by atoms with Crippen LogP contribution in [0.25, 0.3) is 5.69 Å². The number of aromatic nitrogens is 2. The van der Waals surface area contributed by atoms with E-state index in [2.05, 4.69) is 10.4 Å². The molecule has 1 aromatic carbocycles. The Kier molecular flexibility index (Phi) is 5.67. The van der Waals surface area contributed by atoms with Crippen LogP contribution < -0.4 is 5.32 Å². The third-order valence-corrected chi connectivity index (χ3v) is 4.05. The number of rotatable bonds is 6. The van der Waals surface area contributed by atoms with Crippen LogP contribution in [0.3, 0.4) is 0 Å². The summed E-state index contributed by atoms with van der Waals surface area (Å²) >= 11 is 0. The van der Waals surface area contributed by atoms with Crippen molar-refractivity contribution in [2.24, 2.45) is 0 Å². The number of carbonyl (C=O) groups is 2. The van der Waals surface area contributed by atoms with Crippen LogP contribution in [0.4, 0.5) is 11.7 Å². The zero-order valence-corrected chi connectivity index (χ0v) is 16.6. The zero-order chi connectivity index (χ0) is 21.9. The predicted octanol–water partition coefficient (Wildman–Crippen LogP) is 3.47. The number of nitrogens with zero attached hydrogens (tertiary/aromatic N) is 3. The van der Waals surface area contributed by atoms with E-state index in [4.69, 9.17) is 9.15 Å². The number of benzene rings is 1. The summed E-state index contributed by atoms with van der Waals surface area (Å²) in [5.74, 6) is -2.11. The second-order valence-corrected chi connectivity index (χ2v) is 7.43. The van der Waals surface area contributed by atoms with Gasteiger partial charge in [0.05, 0.1) is 17.4 Å². The Balaban J connectivity index is 1.72. The first-order chi connectivity index (χ1) is 14.1. The summed E-state index contributed by atoms with van der Waals surface area (Å²) in [4.78, 5) is 34.1. The summed E-state index contributed by atoms with van der Waals surface area (Å²) in [6, 6.07) is 13.2. The highest BCUT2D eigenvalue weighted by atomic mass is 16.7. The number of esters is 1. The fourth-order valence-electron chi connectivity index (χ4n) is 2.52. The number of amides is 1. The van der Waals surface area contributed by atoms with E-state index in [1.807, 2.05) is 51.1 Å². The van der Waals surface area contributed by atoms with Gasteiger partial charge in [-0.3, -0.25) is 14.9 Å². The molecule has 30 heavy (non-hydrogen) atoms. The predicted molar refractivity (Wildman–Crippen MR) is 107 cm³/mol. The molecule has 0 bridgehead atoms. The summed E-state index contributed by atoms with van der Waals surface area (Å²) in [5.41, 5.74) is 1.27. The number of nitro groups is 1. The number of hydrogen-bond acceptors (Lipinski definition) is 7. The monoisotopic (exact) mass is 412 g/mol. The first kappa shape index (κ1) is 20.8. The summed E-state index contributed by atoms with van der Waals surface area (Å²) < 4.78 is 11.2. The molecular weight excluding hydrogens is 392 g/mol. The molecule has 0 atom stereocenters. The van der Waals surface area contributed by atoms with Gasteiger partial charge in [0.25, 0.3) is 5.91 Å². The summed E-state index contributed by atoms with van der Waals surface area (Å²) in [5, 5.41) is 17.9. The minimum atomic E-state index is -0.981. The van der Waals surface area contributed by atoms with Gasteiger partial charge in [-0.1, -0.05) is 39.0 Å². The second kappa shape index (κ2) is 8.19. The van der Waals surface area contributed by atoms with Crippen molar-refractivity contribution in [3.05, 3.63) is 70.1 Å². The van der Waals surface area contributed by atoms with Gasteiger partial charge in [0.1, 0.15) is 10.7 Å². The van der Waals surface area contributed by atoms with Crippen LogP contribution in [0.2, 0.25) is 0 Å². The molecule has 0 aliphatic carbocycles. The van der Waals surface area contributed by atoms with Gasteiger partial charge in [0, 0.05) is 11.5 Å². The minimum absolute atomic E-state index is 0.250. The average molecular weight is 412 g/mol. The number of anilines is 1. The highest BCUT2D eigenvalue weighted by molar-refractivity contribution is 5.94. The Labute approximate surface area is 171 Å². The van der Waals surface area contributed by atoms with Crippen LogP contribution in [0.5, 0.6) is 0 Å². The molecule has 3 rings (SSSR count). The Bertz CT molecular complexity index is 1080. The lowest BCUT2D eigenvalue weighted by atomic mass is 9.92. The van der Waals surface area contributed by atoms with Gasteiger partial charge < -0.3 is 14.5 Å². The molecule has 0 fully saturated rings. The molecule has 2 aromatic heterocycles. The topological polar surface area (TPSA) is 130 Å². The van der Waals surface area contributed by atoms with Crippen molar-refractivity contribution in [1.82, 2.24) is 9.78 Å². The molecule has 0 saturated heterocycles. The molecule has 0 saturated carbocycles. The molecule has 0 unspecified atom stereocenters. The second-order valence-electron chi connectivity index (χ2n) is 7.43. The lowest BCUT2D eigenvalue weighted by Gasteiger charge is -2.14. The maximum absolute atomic E-state index is 12.3. The number of nitrogens with one attached hydrogen (secondary N) is 1. The lowest BCUT2D eigenvalue weighted by Crippen LogP contribution is -2.22. The minimum Gasteiger partial charge on any atom is -0.450 e. The average Bonchev–Trinajstić information content (AvgIpc) is 3.34. The van der Waals surface area contributed by atoms with Gasteiger partial charge in [0.15, 0.2) is 6.61 Å². The molecule has 0 aliphatic rings. The maximum Gasteiger partial charge on any atom is 0.433 e. The maximum atomic E-state index is 12.3. The summed E-state index contributed by atoms with van der Waals surface area (Å²) in [7, 11) is 0. The van der Waals surface area contributed by atoms with Crippen LogP contribution in [-0.4, -0.2) is 33.2 Å². The van der Waals surface area contributed by atoms with Crippen molar-refractivity contribution in [3.63, 3.8) is 0 Å². The quantitative estimate of drug-likeness (QED) is 0.373.